The molecule has 0 aromatic heterocycles. The van der Waals surface area contributed by atoms with Crippen molar-refractivity contribution < 1.29 is 9.84 Å². The van der Waals surface area contributed by atoms with Crippen molar-refractivity contribution >= 4 is 0 Å². The zero-order valence-electron chi connectivity index (χ0n) is 9.72. The molecule has 1 aromatic rings. The zero-order valence-corrected chi connectivity index (χ0v) is 9.72. The fourth-order valence-corrected chi connectivity index (χ4v) is 2.23. The monoisotopic (exact) mass is 221 g/mol. The third-order valence-corrected chi connectivity index (χ3v) is 3.41. The molecule has 1 N–H and O–H groups in total. The lowest BCUT2D eigenvalue weighted by atomic mass is 9.90. The van der Waals surface area contributed by atoms with Gasteiger partial charge >= 0.3 is 0 Å². The van der Waals surface area contributed by atoms with Gasteiger partial charge in [-0.3, -0.25) is 4.90 Å². The van der Waals surface area contributed by atoms with Gasteiger partial charge in [0.1, 0.15) is 0 Å². The summed E-state index contributed by atoms with van der Waals surface area (Å²) in [6.07, 6.45) is 0. The zero-order chi connectivity index (χ0) is 11.4. The Morgan fingerprint density at radius 2 is 1.88 bits per heavy atom. The van der Waals surface area contributed by atoms with E-state index in [0.29, 0.717) is 0 Å². The summed E-state index contributed by atoms with van der Waals surface area (Å²) in [6, 6.07) is 10.2. The Hall–Kier alpha value is -0.900. The third kappa shape index (κ3) is 2.12. The topological polar surface area (TPSA) is 32.7 Å². The summed E-state index contributed by atoms with van der Waals surface area (Å²) >= 11 is 0. The summed E-state index contributed by atoms with van der Waals surface area (Å²) in [6.45, 7) is 5.49. The number of hydrogen-bond acceptors (Lipinski definition) is 3. The molecule has 0 spiro atoms. The number of morpholine rings is 1. The molecule has 0 amide bonds. The molecule has 2 rings (SSSR count). The van der Waals surface area contributed by atoms with Crippen LogP contribution in [-0.2, 0) is 10.3 Å². The lowest BCUT2D eigenvalue weighted by Crippen LogP contribution is -2.51. The highest BCUT2D eigenvalue weighted by Gasteiger charge is 2.33. The van der Waals surface area contributed by atoms with Gasteiger partial charge in [0.25, 0.3) is 0 Å². The number of aliphatic hydroxyl groups excluding tert-OH is 1. The van der Waals surface area contributed by atoms with E-state index in [-0.39, 0.29) is 12.1 Å². The molecule has 1 atom stereocenters. The normalized spacial score (nSPS) is 21.6. The molecule has 0 saturated carbocycles. The quantitative estimate of drug-likeness (QED) is 0.833. The predicted octanol–water partition coefficient (Wildman–Crippen LogP) is 1.23. The molecule has 0 radical (unpaired) electrons. The lowest BCUT2D eigenvalue weighted by Gasteiger charge is -2.42. The van der Waals surface area contributed by atoms with Crippen LogP contribution in [-0.4, -0.2) is 42.9 Å². The lowest BCUT2D eigenvalue weighted by molar-refractivity contribution is -0.0392. The first-order valence-electron chi connectivity index (χ1n) is 5.76. The van der Waals surface area contributed by atoms with E-state index in [0.717, 1.165) is 26.3 Å². The molecule has 1 heterocycles. The van der Waals surface area contributed by atoms with E-state index in [1.54, 1.807) is 0 Å². The number of hydrogen-bond donors (Lipinski definition) is 1. The molecule has 16 heavy (non-hydrogen) atoms. The van der Waals surface area contributed by atoms with Crippen LogP contribution >= 0.6 is 0 Å². The molecule has 1 fully saturated rings. The van der Waals surface area contributed by atoms with Crippen molar-refractivity contribution in [2.24, 2.45) is 0 Å². The molecule has 3 nitrogen and oxygen atoms in total. The van der Waals surface area contributed by atoms with E-state index < -0.39 is 0 Å². The molecule has 3 heteroatoms. The Balaban J connectivity index is 2.24. The van der Waals surface area contributed by atoms with Crippen molar-refractivity contribution in [2.45, 2.75) is 12.5 Å². The van der Waals surface area contributed by atoms with Crippen LogP contribution in [0, 0.1) is 0 Å². The number of benzene rings is 1. The van der Waals surface area contributed by atoms with Crippen molar-refractivity contribution in [3.8, 4) is 0 Å². The number of ether oxygens (including phenoxy) is 1. The van der Waals surface area contributed by atoms with Crippen molar-refractivity contribution in [1.82, 2.24) is 4.90 Å². The molecule has 1 aliphatic heterocycles. The average Bonchev–Trinajstić information content (AvgIpc) is 2.40. The van der Waals surface area contributed by atoms with Crippen molar-refractivity contribution in [3.05, 3.63) is 35.9 Å². The average molecular weight is 221 g/mol. The van der Waals surface area contributed by atoms with Gasteiger partial charge in [0.15, 0.2) is 0 Å². The Bertz CT molecular complexity index is 322. The predicted molar refractivity (Wildman–Crippen MR) is 63.3 cm³/mol. The summed E-state index contributed by atoms with van der Waals surface area (Å²) in [5.41, 5.74) is 0.879. The van der Waals surface area contributed by atoms with Gasteiger partial charge in [0.05, 0.1) is 25.4 Å². The minimum Gasteiger partial charge on any atom is -0.394 e. The second-order valence-electron chi connectivity index (χ2n) is 4.40. The van der Waals surface area contributed by atoms with Gasteiger partial charge in [0.2, 0.25) is 0 Å². The van der Waals surface area contributed by atoms with Crippen LogP contribution in [0.4, 0.5) is 0 Å². The standard InChI is InChI=1S/C13H19NO2/c1-13(11-15,12-5-3-2-4-6-12)14-7-9-16-10-8-14/h2-6,15H,7-11H2,1H3/t13-/m0/s1. The highest BCUT2D eigenvalue weighted by atomic mass is 16.5. The summed E-state index contributed by atoms with van der Waals surface area (Å²) in [5, 5.41) is 9.71. The molecule has 0 unspecified atom stereocenters. The van der Waals surface area contributed by atoms with E-state index >= 15 is 0 Å². The molecule has 88 valence electrons. The van der Waals surface area contributed by atoms with Gasteiger partial charge in [-0.15, -0.1) is 0 Å². The van der Waals surface area contributed by atoms with Gasteiger partial charge < -0.3 is 9.84 Å². The molecule has 1 saturated heterocycles. The maximum atomic E-state index is 9.71. The fourth-order valence-electron chi connectivity index (χ4n) is 2.23. The van der Waals surface area contributed by atoms with Crippen LogP contribution in [0.2, 0.25) is 0 Å². The van der Waals surface area contributed by atoms with Crippen LogP contribution in [0.3, 0.4) is 0 Å². The van der Waals surface area contributed by atoms with Crippen LogP contribution < -0.4 is 0 Å². The van der Waals surface area contributed by atoms with Gasteiger partial charge in [-0.25, -0.2) is 0 Å². The highest BCUT2D eigenvalue weighted by Crippen LogP contribution is 2.28. The largest absolute Gasteiger partial charge is 0.394 e. The summed E-state index contributed by atoms with van der Waals surface area (Å²) in [4.78, 5) is 2.30. The van der Waals surface area contributed by atoms with E-state index in [2.05, 4.69) is 24.0 Å². The van der Waals surface area contributed by atoms with Crippen LogP contribution in [0.15, 0.2) is 30.3 Å². The number of rotatable bonds is 3. The van der Waals surface area contributed by atoms with E-state index in [4.69, 9.17) is 4.74 Å². The first kappa shape index (κ1) is 11.6. The minimum atomic E-state index is -0.287. The second-order valence-corrected chi connectivity index (χ2v) is 4.40. The van der Waals surface area contributed by atoms with Crippen LogP contribution in [0.25, 0.3) is 0 Å². The minimum absolute atomic E-state index is 0.136. The molecule has 1 aliphatic rings. The Morgan fingerprint density at radius 1 is 1.25 bits per heavy atom. The first-order chi connectivity index (χ1) is 7.77. The molecule has 0 bridgehead atoms. The van der Waals surface area contributed by atoms with Crippen LogP contribution in [0.1, 0.15) is 12.5 Å². The molecule has 1 aromatic carbocycles. The SMILES string of the molecule is C[C@](CO)(c1ccccc1)N1CCOCC1. The summed E-state index contributed by atoms with van der Waals surface area (Å²) in [5.74, 6) is 0. The van der Waals surface area contributed by atoms with Gasteiger partial charge in [-0.2, -0.15) is 0 Å². The van der Waals surface area contributed by atoms with Crippen molar-refractivity contribution in [2.75, 3.05) is 32.9 Å². The number of aliphatic hydroxyl groups is 1. The Kier molecular flexibility index (Phi) is 3.59. The smallest absolute Gasteiger partial charge is 0.0667 e. The maximum absolute atomic E-state index is 9.71. The van der Waals surface area contributed by atoms with E-state index in [1.807, 2.05) is 18.2 Å². The Labute approximate surface area is 96.6 Å². The molecular weight excluding hydrogens is 202 g/mol. The van der Waals surface area contributed by atoms with E-state index in [1.165, 1.54) is 5.56 Å². The fraction of sp³-hybridized carbons (Fsp3) is 0.538. The van der Waals surface area contributed by atoms with Gasteiger partial charge in [-0.1, -0.05) is 30.3 Å². The van der Waals surface area contributed by atoms with Crippen LogP contribution in [0.5, 0.6) is 0 Å². The first-order valence-corrected chi connectivity index (χ1v) is 5.76. The Morgan fingerprint density at radius 3 is 2.44 bits per heavy atom. The molecule has 0 aliphatic carbocycles. The summed E-state index contributed by atoms with van der Waals surface area (Å²) < 4.78 is 5.35. The van der Waals surface area contributed by atoms with Crippen molar-refractivity contribution in [1.29, 1.82) is 0 Å². The number of nitrogens with zero attached hydrogens (tertiary/aromatic N) is 1. The third-order valence-electron chi connectivity index (χ3n) is 3.41. The second kappa shape index (κ2) is 4.95. The van der Waals surface area contributed by atoms with Gasteiger partial charge in [0, 0.05) is 13.1 Å². The maximum Gasteiger partial charge on any atom is 0.0667 e. The van der Waals surface area contributed by atoms with Gasteiger partial charge in [-0.05, 0) is 12.5 Å². The molecular formula is C13H19NO2. The van der Waals surface area contributed by atoms with E-state index in [9.17, 15) is 5.11 Å². The highest BCUT2D eigenvalue weighted by molar-refractivity contribution is 5.24. The van der Waals surface area contributed by atoms with Crippen molar-refractivity contribution in [3.63, 3.8) is 0 Å². The summed E-state index contributed by atoms with van der Waals surface area (Å²) in [7, 11) is 0.